The molecule has 0 aromatic rings. The highest BCUT2D eigenvalue weighted by molar-refractivity contribution is 9.11. The smallest absolute Gasteiger partial charge is 0.294 e. The second-order valence-electron chi connectivity index (χ2n) is 1.56. The number of carbonyl (C=O) groups excluding carboxylic acids is 1. The first-order valence-electron chi connectivity index (χ1n) is 2.07. The van der Waals surface area contributed by atoms with Crippen LogP contribution in [0.1, 0.15) is 6.92 Å². The molecule has 0 spiro atoms. The number of hydrogen-bond donors (Lipinski definition) is 3. The predicted octanol–water partition coefficient (Wildman–Crippen LogP) is 0.0359. The molecule has 4 nitrogen and oxygen atoms in total. The van der Waals surface area contributed by atoms with Crippen LogP contribution in [0.5, 0.6) is 0 Å². The first-order valence-corrected chi connectivity index (χ1v) is 4.70. The normalized spacial score (nSPS) is 15.2. The van der Waals surface area contributed by atoms with Gasteiger partial charge in [0.05, 0.1) is 0 Å². The maximum absolute atomic E-state index is 10.3. The lowest BCUT2D eigenvalue weighted by Gasteiger charge is -2.05. The van der Waals surface area contributed by atoms with Gasteiger partial charge in [0.1, 0.15) is 0 Å². The van der Waals surface area contributed by atoms with Gasteiger partial charge in [0, 0.05) is 0 Å². The maximum Gasteiger partial charge on any atom is 0.425 e. The van der Waals surface area contributed by atoms with Gasteiger partial charge in [0.2, 0.25) is 0 Å². The minimum absolute atomic E-state index is 0.504. The lowest BCUT2D eigenvalue weighted by molar-refractivity contribution is -0.115. The van der Waals surface area contributed by atoms with Crippen LogP contribution in [-0.2, 0) is 4.79 Å². The van der Waals surface area contributed by atoms with E-state index in [0.717, 1.165) is 6.92 Å². The highest BCUT2D eigenvalue weighted by Crippen LogP contribution is 2.53. The van der Waals surface area contributed by atoms with E-state index >= 15 is 0 Å². The molecule has 0 aliphatic rings. The van der Waals surface area contributed by atoms with E-state index in [2.05, 4.69) is 15.9 Å². The molecule has 1 atom stereocenters. The standard InChI is InChI=1S/C3H7BrO4P/c1-2(5)3(4)9(6,7)8/h3,6-8H,1H3/q+1. The molecule has 0 amide bonds. The number of alkyl halides is 1. The van der Waals surface area contributed by atoms with Crippen molar-refractivity contribution in [2.24, 2.45) is 0 Å². The second kappa shape index (κ2) is 3.03. The minimum Gasteiger partial charge on any atom is -0.294 e. The second-order valence-corrected chi connectivity index (χ2v) is 4.93. The Bertz CT molecular complexity index is 119. The van der Waals surface area contributed by atoms with Crippen LogP contribution < -0.4 is 0 Å². The number of hydrogen-bond acceptors (Lipinski definition) is 4. The van der Waals surface area contributed by atoms with Crippen molar-refractivity contribution in [2.75, 3.05) is 0 Å². The number of rotatable bonds is 2. The van der Waals surface area contributed by atoms with Crippen LogP contribution in [0.25, 0.3) is 0 Å². The van der Waals surface area contributed by atoms with Crippen LogP contribution in [0.3, 0.4) is 0 Å². The van der Waals surface area contributed by atoms with Crippen LogP contribution >= 0.6 is 23.9 Å². The zero-order valence-electron chi connectivity index (χ0n) is 4.65. The maximum atomic E-state index is 10.3. The molecule has 54 valence electrons. The van der Waals surface area contributed by atoms with Crippen molar-refractivity contribution >= 4 is 29.7 Å². The zero-order valence-corrected chi connectivity index (χ0v) is 7.13. The Kier molecular flexibility index (Phi) is 3.19. The molecule has 0 radical (unpaired) electrons. The molecule has 0 aromatic carbocycles. The molecule has 6 heteroatoms. The Morgan fingerprint density at radius 1 is 1.56 bits per heavy atom. The van der Waals surface area contributed by atoms with Gasteiger partial charge in [-0.25, -0.2) is 0 Å². The average Bonchev–Trinajstić information content (AvgIpc) is 1.62. The first kappa shape index (κ1) is 9.46. The Labute approximate surface area is 61.2 Å². The van der Waals surface area contributed by atoms with Crippen molar-refractivity contribution in [1.82, 2.24) is 0 Å². The summed E-state index contributed by atoms with van der Waals surface area (Å²) in [6.07, 6.45) is 0. The van der Waals surface area contributed by atoms with E-state index in [1.54, 1.807) is 0 Å². The monoisotopic (exact) mass is 217 g/mol. The molecule has 0 aliphatic carbocycles. The molecule has 0 aliphatic heterocycles. The molecule has 0 saturated carbocycles. The molecule has 1 unspecified atom stereocenters. The summed E-state index contributed by atoms with van der Waals surface area (Å²) >= 11 is 2.61. The molecule has 0 heterocycles. The summed E-state index contributed by atoms with van der Waals surface area (Å²) in [4.78, 5) is 35.5. The van der Waals surface area contributed by atoms with Gasteiger partial charge < -0.3 is 0 Å². The summed E-state index contributed by atoms with van der Waals surface area (Å²) in [5.41, 5.74) is 0. The summed E-state index contributed by atoms with van der Waals surface area (Å²) in [5.74, 6) is -0.504. The van der Waals surface area contributed by atoms with Crippen molar-refractivity contribution in [3.8, 4) is 0 Å². The van der Waals surface area contributed by atoms with Crippen molar-refractivity contribution < 1.29 is 19.5 Å². The third-order valence-electron chi connectivity index (χ3n) is 0.640. The summed E-state index contributed by atoms with van der Waals surface area (Å²) in [5, 5.41) is 0. The van der Waals surface area contributed by atoms with Gasteiger partial charge in [0.25, 0.3) is 4.57 Å². The topological polar surface area (TPSA) is 77.8 Å². The SMILES string of the molecule is CC(=O)C(Br)[P+](O)(O)O. The molecule has 9 heavy (non-hydrogen) atoms. The summed E-state index contributed by atoms with van der Waals surface area (Å²) in [6.45, 7) is 1.15. The van der Waals surface area contributed by atoms with Gasteiger partial charge in [-0.3, -0.25) is 4.79 Å². The fourth-order valence-electron chi connectivity index (χ4n) is 0.244. The molecular weight excluding hydrogens is 211 g/mol. The lowest BCUT2D eigenvalue weighted by atomic mass is 10.5. The van der Waals surface area contributed by atoms with Gasteiger partial charge in [-0.15, -0.1) is 0 Å². The van der Waals surface area contributed by atoms with Gasteiger partial charge in [-0.2, -0.15) is 14.7 Å². The van der Waals surface area contributed by atoms with E-state index in [9.17, 15) is 4.79 Å². The van der Waals surface area contributed by atoms with Crippen LogP contribution in [0.15, 0.2) is 0 Å². The third-order valence-corrected chi connectivity index (χ3v) is 3.90. The van der Waals surface area contributed by atoms with E-state index in [1.807, 2.05) is 0 Å². The van der Waals surface area contributed by atoms with Crippen LogP contribution in [-0.4, -0.2) is 25.0 Å². The average molecular weight is 218 g/mol. The number of ketones is 1. The molecule has 0 rings (SSSR count). The van der Waals surface area contributed by atoms with Crippen molar-refractivity contribution in [3.05, 3.63) is 0 Å². The van der Waals surface area contributed by atoms with E-state index in [-0.39, 0.29) is 0 Å². The molecule has 3 N–H and O–H groups in total. The minimum atomic E-state index is -4.00. The van der Waals surface area contributed by atoms with E-state index in [1.165, 1.54) is 0 Å². The van der Waals surface area contributed by atoms with E-state index in [4.69, 9.17) is 14.7 Å². The van der Waals surface area contributed by atoms with Crippen molar-refractivity contribution in [2.45, 2.75) is 11.5 Å². The quantitative estimate of drug-likeness (QED) is 0.451. The van der Waals surface area contributed by atoms with Crippen LogP contribution in [0.2, 0.25) is 0 Å². The molecule has 0 bridgehead atoms. The Hall–Kier alpha value is 0.460. The largest absolute Gasteiger partial charge is 0.425 e. The zero-order chi connectivity index (χ0) is 7.65. The summed E-state index contributed by atoms with van der Waals surface area (Å²) in [7, 11) is -4.00. The Balaban J connectivity index is 4.04. The van der Waals surface area contributed by atoms with Crippen LogP contribution in [0.4, 0.5) is 0 Å². The van der Waals surface area contributed by atoms with E-state index < -0.39 is 18.3 Å². The van der Waals surface area contributed by atoms with Gasteiger partial charge >= 0.3 is 7.94 Å². The lowest BCUT2D eigenvalue weighted by Crippen LogP contribution is -2.13. The van der Waals surface area contributed by atoms with Gasteiger partial charge in [0.15, 0.2) is 5.78 Å². The Morgan fingerprint density at radius 3 is 1.89 bits per heavy atom. The first-order chi connectivity index (χ1) is 3.85. The molecule has 0 aromatic heterocycles. The third kappa shape index (κ3) is 3.23. The Morgan fingerprint density at radius 2 is 1.89 bits per heavy atom. The fourth-order valence-corrected chi connectivity index (χ4v) is 0.732. The predicted molar refractivity (Wildman–Crippen MR) is 37.0 cm³/mol. The molecule has 0 saturated heterocycles. The van der Waals surface area contributed by atoms with E-state index in [0.29, 0.717) is 0 Å². The summed E-state index contributed by atoms with van der Waals surface area (Å²) < 4.78 is -1.23. The van der Waals surface area contributed by atoms with Crippen molar-refractivity contribution in [1.29, 1.82) is 0 Å². The number of halogens is 1. The van der Waals surface area contributed by atoms with Crippen LogP contribution in [0, 0.1) is 0 Å². The van der Waals surface area contributed by atoms with Gasteiger partial charge in [-0.05, 0) is 22.9 Å². The number of carbonyl (C=O) groups is 1. The summed E-state index contributed by atoms with van der Waals surface area (Å²) in [6, 6.07) is 0. The molecular formula is C3H7BrO4P+. The fraction of sp³-hybridized carbons (Fsp3) is 0.667. The van der Waals surface area contributed by atoms with Crippen molar-refractivity contribution in [3.63, 3.8) is 0 Å². The van der Waals surface area contributed by atoms with Gasteiger partial charge in [-0.1, -0.05) is 0 Å². The molecule has 0 fully saturated rings. The highest BCUT2D eigenvalue weighted by atomic mass is 79.9. The number of Topliss-reactive ketones (excluding diaryl/α,β-unsaturated/α-hetero) is 1. The highest BCUT2D eigenvalue weighted by Gasteiger charge is 2.44.